The first-order chi connectivity index (χ1) is 16.1. The van der Waals surface area contributed by atoms with E-state index < -0.39 is 6.10 Å². The number of nitrogens with zero attached hydrogens (tertiary/aromatic N) is 2. The van der Waals surface area contributed by atoms with Crippen LogP contribution < -0.4 is 4.74 Å². The van der Waals surface area contributed by atoms with E-state index in [1.165, 1.54) is 25.0 Å². The van der Waals surface area contributed by atoms with Crippen molar-refractivity contribution in [3.63, 3.8) is 0 Å². The van der Waals surface area contributed by atoms with E-state index in [0.29, 0.717) is 5.92 Å². The Balaban J connectivity index is 0.00000274. The number of rotatable bonds is 6. The first-order valence-corrected chi connectivity index (χ1v) is 11.9. The van der Waals surface area contributed by atoms with Crippen LogP contribution in [-0.4, -0.2) is 41.2 Å². The normalized spacial score (nSPS) is 24.8. The maximum absolute atomic E-state index is 13.2. The van der Waals surface area contributed by atoms with Crippen LogP contribution >= 0.6 is 12.4 Å². The Bertz CT molecular complexity index is 1170. The Labute approximate surface area is 206 Å². The fourth-order valence-corrected chi connectivity index (χ4v) is 5.64. The first kappa shape index (κ1) is 24.6. The van der Waals surface area contributed by atoms with Crippen molar-refractivity contribution in [3.8, 4) is 5.75 Å². The molecule has 3 fully saturated rings. The molecule has 2 unspecified atom stereocenters. The van der Waals surface area contributed by atoms with Crippen molar-refractivity contribution in [1.82, 2.24) is 9.88 Å². The largest absolute Gasteiger partial charge is 0.497 e. The highest BCUT2D eigenvalue weighted by Gasteiger charge is 2.42. The van der Waals surface area contributed by atoms with Crippen molar-refractivity contribution in [3.05, 3.63) is 71.2 Å². The lowest BCUT2D eigenvalue weighted by molar-refractivity contribution is -0.0562. The van der Waals surface area contributed by atoms with Crippen LogP contribution in [0.25, 0.3) is 23.1 Å². The monoisotopic (exact) mass is 482 g/mol. The summed E-state index contributed by atoms with van der Waals surface area (Å²) in [6.45, 7) is 4.42. The lowest BCUT2D eigenvalue weighted by Crippen LogP contribution is -2.55. The summed E-state index contributed by atoms with van der Waals surface area (Å²) in [6, 6.07) is 14.3. The van der Waals surface area contributed by atoms with Gasteiger partial charge in [0.25, 0.3) is 0 Å². The molecule has 3 aromatic rings. The van der Waals surface area contributed by atoms with Gasteiger partial charge in [0.2, 0.25) is 0 Å². The van der Waals surface area contributed by atoms with E-state index in [9.17, 15) is 9.50 Å². The molecule has 0 spiro atoms. The molecule has 2 bridgehead atoms. The van der Waals surface area contributed by atoms with E-state index in [1.807, 2.05) is 36.4 Å². The molecule has 0 radical (unpaired) electrons. The van der Waals surface area contributed by atoms with Gasteiger partial charge in [-0.2, -0.15) is 0 Å². The van der Waals surface area contributed by atoms with Gasteiger partial charge in [0, 0.05) is 18.0 Å². The molecule has 3 aliphatic rings. The Hall–Kier alpha value is -2.47. The number of hydrogen-bond acceptors (Lipinski definition) is 4. The number of aromatic nitrogens is 1. The third kappa shape index (κ3) is 4.83. The van der Waals surface area contributed by atoms with E-state index in [4.69, 9.17) is 9.72 Å². The van der Waals surface area contributed by atoms with E-state index in [1.54, 1.807) is 19.2 Å². The Morgan fingerprint density at radius 3 is 2.65 bits per heavy atom. The summed E-state index contributed by atoms with van der Waals surface area (Å²) in [6.07, 6.45) is 6.73. The predicted molar refractivity (Wildman–Crippen MR) is 138 cm³/mol. The number of halogens is 2. The van der Waals surface area contributed by atoms with Crippen LogP contribution in [-0.2, 0) is 0 Å². The third-order valence-electron chi connectivity index (χ3n) is 7.53. The minimum absolute atomic E-state index is 0. The number of fused-ring (bicyclic) bond motifs is 4. The summed E-state index contributed by atoms with van der Waals surface area (Å²) in [5, 5.41) is 12.6. The number of aliphatic hydroxyl groups excluding tert-OH is 1. The molecule has 0 saturated carbocycles. The smallest absolute Gasteiger partial charge is 0.123 e. The van der Waals surface area contributed by atoms with Gasteiger partial charge in [-0.3, -0.25) is 4.90 Å². The van der Waals surface area contributed by atoms with E-state index in [-0.39, 0.29) is 24.3 Å². The molecule has 0 amide bonds. The number of aliphatic hydroxyl groups is 1. The summed E-state index contributed by atoms with van der Waals surface area (Å²) >= 11 is 0. The number of piperidine rings is 3. The van der Waals surface area contributed by atoms with Crippen LogP contribution in [0.15, 0.2) is 48.5 Å². The molecule has 4 heterocycles. The summed E-state index contributed by atoms with van der Waals surface area (Å²) < 4.78 is 18.7. The van der Waals surface area contributed by atoms with Gasteiger partial charge in [0.05, 0.1) is 24.4 Å². The molecule has 34 heavy (non-hydrogen) atoms. The summed E-state index contributed by atoms with van der Waals surface area (Å²) in [4.78, 5) is 7.29. The maximum Gasteiger partial charge on any atom is 0.123 e. The molecule has 5 atom stereocenters. The number of benzene rings is 2. The van der Waals surface area contributed by atoms with Crippen molar-refractivity contribution in [2.45, 2.75) is 38.3 Å². The molecular formula is C28H32ClFN2O2. The highest BCUT2D eigenvalue weighted by Crippen LogP contribution is 2.43. The minimum Gasteiger partial charge on any atom is -0.497 e. The quantitative estimate of drug-likeness (QED) is 0.459. The van der Waals surface area contributed by atoms with Gasteiger partial charge in [0.1, 0.15) is 11.6 Å². The molecule has 4 nitrogen and oxygen atoms in total. The highest BCUT2D eigenvalue weighted by molar-refractivity contribution is 5.86. The van der Waals surface area contributed by atoms with Crippen LogP contribution in [0.2, 0.25) is 0 Å². The molecule has 3 saturated heterocycles. The van der Waals surface area contributed by atoms with Gasteiger partial charge in [-0.05, 0) is 84.8 Å². The first-order valence-electron chi connectivity index (χ1n) is 11.9. The molecule has 6 heteroatoms. The van der Waals surface area contributed by atoms with Crippen molar-refractivity contribution < 1.29 is 14.2 Å². The number of pyridine rings is 1. The second-order valence-corrected chi connectivity index (χ2v) is 9.36. The van der Waals surface area contributed by atoms with Crippen LogP contribution in [0.5, 0.6) is 5.75 Å². The molecule has 1 aromatic heterocycles. The average Bonchev–Trinajstić information content (AvgIpc) is 2.87. The SMILES string of the molecule is CC[C@H]1CN2CC[C@H]1CC2[C@H](O)c1cc(/C=C/c2ccc(F)cc2)nc2ccc(OC)cc12.Cl. The number of ether oxygens (including phenoxy) is 1. The number of methoxy groups -OCH3 is 1. The van der Waals surface area contributed by atoms with Gasteiger partial charge in [-0.1, -0.05) is 31.6 Å². The van der Waals surface area contributed by atoms with Crippen molar-refractivity contribution in [2.24, 2.45) is 11.8 Å². The summed E-state index contributed by atoms with van der Waals surface area (Å²) in [5.74, 6) is 1.94. The fourth-order valence-electron chi connectivity index (χ4n) is 5.64. The zero-order chi connectivity index (χ0) is 22.9. The molecule has 1 N–H and O–H groups in total. The van der Waals surface area contributed by atoms with Crippen LogP contribution in [0.4, 0.5) is 4.39 Å². The van der Waals surface area contributed by atoms with E-state index >= 15 is 0 Å². The van der Waals surface area contributed by atoms with Crippen molar-refractivity contribution in [1.29, 1.82) is 0 Å². The van der Waals surface area contributed by atoms with E-state index in [2.05, 4.69) is 11.8 Å². The molecule has 2 aromatic carbocycles. The van der Waals surface area contributed by atoms with Gasteiger partial charge < -0.3 is 9.84 Å². The zero-order valence-corrected chi connectivity index (χ0v) is 20.5. The lowest BCUT2D eigenvalue weighted by Gasteiger charge is -2.51. The van der Waals surface area contributed by atoms with Crippen LogP contribution in [0.1, 0.15) is 49.1 Å². The minimum atomic E-state index is -0.596. The van der Waals surface area contributed by atoms with Crippen LogP contribution in [0, 0.1) is 17.7 Å². The van der Waals surface area contributed by atoms with Gasteiger partial charge in [-0.15, -0.1) is 12.4 Å². The summed E-state index contributed by atoms with van der Waals surface area (Å²) in [7, 11) is 1.65. The topological polar surface area (TPSA) is 45.6 Å². The Morgan fingerprint density at radius 2 is 1.97 bits per heavy atom. The maximum atomic E-state index is 13.2. The van der Waals surface area contributed by atoms with Gasteiger partial charge in [-0.25, -0.2) is 9.37 Å². The lowest BCUT2D eigenvalue weighted by atomic mass is 9.72. The van der Waals surface area contributed by atoms with Gasteiger partial charge in [0.15, 0.2) is 0 Å². The molecule has 3 aliphatic heterocycles. The molecule has 0 aliphatic carbocycles. The average molecular weight is 483 g/mol. The molecule has 6 rings (SSSR count). The van der Waals surface area contributed by atoms with Gasteiger partial charge >= 0.3 is 0 Å². The Morgan fingerprint density at radius 1 is 1.18 bits per heavy atom. The Kier molecular flexibility index (Phi) is 7.56. The van der Waals surface area contributed by atoms with Crippen LogP contribution in [0.3, 0.4) is 0 Å². The second-order valence-electron chi connectivity index (χ2n) is 9.36. The molecule has 180 valence electrons. The van der Waals surface area contributed by atoms with E-state index in [0.717, 1.165) is 58.9 Å². The zero-order valence-electron chi connectivity index (χ0n) is 19.7. The second kappa shape index (κ2) is 10.4. The standard InChI is InChI=1S/C28H31FN2O2.ClH/c1-3-19-17-31-13-12-20(19)14-27(31)28(32)25-15-22(9-6-18-4-7-21(29)8-5-18)30-26-11-10-23(33-2)16-24(25)26;/h4-11,15-16,19-20,27-28,32H,3,12-14,17H2,1-2H3;1H/b9-6+;/t19-,20-,27?,28+;/m0./s1. The third-order valence-corrected chi connectivity index (χ3v) is 7.53. The number of hydrogen-bond donors (Lipinski definition) is 1. The summed E-state index contributed by atoms with van der Waals surface area (Å²) in [5.41, 5.74) is 3.39. The molecular weight excluding hydrogens is 451 g/mol. The van der Waals surface area contributed by atoms with Crippen molar-refractivity contribution in [2.75, 3.05) is 20.2 Å². The fraction of sp³-hybridized carbons (Fsp3) is 0.393. The predicted octanol–water partition coefficient (Wildman–Crippen LogP) is 6.13. The highest BCUT2D eigenvalue weighted by atomic mass is 35.5. The van der Waals surface area contributed by atoms with Crippen molar-refractivity contribution >= 4 is 35.5 Å².